The van der Waals surface area contributed by atoms with Gasteiger partial charge in [-0.05, 0) is 45.9 Å². The number of rotatable bonds is 2. The number of nitrogens with zero attached hydrogens (tertiary/aromatic N) is 3. The van der Waals surface area contributed by atoms with E-state index in [1.54, 1.807) is 12.4 Å². The van der Waals surface area contributed by atoms with Crippen molar-refractivity contribution >= 4 is 40.2 Å². The lowest BCUT2D eigenvalue weighted by molar-refractivity contribution is 0.920. The number of benzene rings is 1. The second kappa shape index (κ2) is 5.65. The third-order valence-electron chi connectivity index (χ3n) is 3.70. The average Bonchev–Trinajstić information content (AvgIpc) is 2.98. The van der Waals surface area contributed by atoms with Crippen molar-refractivity contribution in [2.24, 2.45) is 0 Å². The summed E-state index contributed by atoms with van der Waals surface area (Å²) in [4.78, 5) is 17.4. The molecule has 0 unspecified atom stereocenters. The number of fused-ring (bicyclic) bond motifs is 1. The Morgan fingerprint density at radius 2 is 2.13 bits per heavy atom. The Kier molecular flexibility index (Phi) is 3.49. The zero-order valence-corrected chi connectivity index (χ0v) is 14.1. The van der Waals surface area contributed by atoms with Gasteiger partial charge in [0.25, 0.3) is 0 Å². The van der Waals surface area contributed by atoms with Gasteiger partial charge in [0.05, 0.1) is 6.20 Å². The normalized spacial score (nSPS) is 13.2. The van der Waals surface area contributed by atoms with Gasteiger partial charge in [-0.3, -0.25) is 0 Å². The molecule has 6 nitrogen and oxygen atoms in total. The molecule has 0 saturated carbocycles. The molecule has 0 radical (unpaired) electrons. The van der Waals surface area contributed by atoms with Gasteiger partial charge >= 0.3 is 5.69 Å². The summed E-state index contributed by atoms with van der Waals surface area (Å²) < 4.78 is 3.01. The molecule has 0 aliphatic carbocycles. The van der Waals surface area contributed by atoms with Crippen LogP contribution in [0.3, 0.4) is 0 Å². The minimum atomic E-state index is -0.348. The number of anilines is 1. The van der Waals surface area contributed by atoms with E-state index in [1.807, 2.05) is 23.1 Å². The maximum absolute atomic E-state index is 11.1. The fraction of sp³-hybridized carbons (Fsp3) is 0.0625. The topological polar surface area (TPSA) is 75.6 Å². The molecule has 4 rings (SSSR count). The first-order valence-electron chi connectivity index (χ1n) is 7.04. The molecule has 2 N–H and O–H groups in total. The molecule has 3 heterocycles. The third-order valence-corrected chi connectivity index (χ3v) is 4.37. The third kappa shape index (κ3) is 2.67. The highest BCUT2D eigenvalue weighted by molar-refractivity contribution is 14.1. The summed E-state index contributed by atoms with van der Waals surface area (Å²) in [5.41, 5.74) is 3.73. The minimum Gasteiger partial charge on any atom is -0.365 e. The van der Waals surface area contributed by atoms with Crippen LogP contribution < -0.4 is 11.0 Å². The quantitative estimate of drug-likeness (QED) is 0.629. The summed E-state index contributed by atoms with van der Waals surface area (Å²) in [5.74, 6) is 0.966. The lowest BCUT2D eigenvalue weighted by Gasteiger charge is -2.18. The monoisotopic (exact) mass is 417 g/mol. The number of halogens is 1. The first-order valence-corrected chi connectivity index (χ1v) is 8.12. The predicted octanol–water partition coefficient (Wildman–Crippen LogP) is 2.66. The molecule has 0 atom stereocenters. The summed E-state index contributed by atoms with van der Waals surface area (Å²) in [5, 5.41) is 7.84. The van der Waals surface area contributed by atoms with Crippen LogP contribution in [0.25, 0.3) is 22.9 Å². The Labute approximate surface area is 145 Å². The van der Waals surface area contributed by atoms with Crippen LogP contribution in [-0.2, 0) is 0 Å². The molecule has 0 bridgehead atoms. The van der Waals surface area contributed by atoms with Crippen molar-refractivity contribution in [3.8, 4) is 11.1 Å². The van der Waals surface area contributed by atoms with Crippen molar-refractivity contribution in [2.45, 2.75) is 0 Å². The second-order valence-electron chi connectivity index (χ2n) is 5.18. The van der Waals surface area contributed by atoms with Crippen LogP contribution in [0, 0.1) is 3.57 Å². The van der Waals surface area contributed by atoms with Gasteiger partial charge in [-0.15, -0.1) is 0 Å². The molecular formula is C16H12IN5O. The Balaban J connectivity index is 1.74. The van der Waals surface area contributed by atoms with E-state index in [9.17, 15) is 4.79 Å². The first-order chi connectivity index (χ1) is 11.2. The van der Waals surface area contributed by atoms with Gasteiger partial charge in [0.2, 0.25) is 0 Å². The molecule has 1 aromatic carbocycles. The molecule has 2 aromatic heterocycles. The Bertz CT molecular complexity index is 952. The number of aromatic amines is 1. The van der Waals surface area contributed by atoms with Gasteiger partial charge in [0.15, 0.2) is 0 Å². The Hall–Kier alpha value is -2.42. The van der Waals surface area contributed by atoms with Crippen LogP contribution >= 0.6 is 22.6 Å². The first kappa shape index (κ1) is 14.2. The highest BCUT2D eigenvalue weighted by Gasteiger charge is 2.17. The van der Waals surface area contributed by atoms with Crippen LogP contribution in [0.5, 0.6) is 0 Å². The van der Waals surface area contributed by atoms with Crippen molar-refractivity contribution in [1.82, 2.24) is 19.7 Å². The maximum atomic E-state index is 11.1. The molecule has 3 aromatic rings. The van der Waals surface area contributed by atoms with Crippen molar-refractivity contribution in [3.05, 3.63) is 62.5 Å². The predicted molar refractivity (Wildman–Crippen MR) is 97.9 cm³/mol. The minimum absolute atomic E-state index is 0.348. The van der Waals surface area contributed by atoms with Crippen LogP contribution in [0.2, 0.25) is 0 Å². The van der Waals surface area contributed by atoms with E-state index in [0.717, 1.165) is 28.1 Å². The summed E-state index contributed by atoms with van der Waals surface area (Å²) in [6.07, 6.45) is 7.05. The van der Waals surface area contributed by atoms with Crippen LogP contribution in [0.1, 0.15) is 5.56 Å². The lowest BCUT2D eigenvalue weighted by Crippen LogP contribution is -2.16. The second-order valence-corrected chi connectivity index (χ2v) is 6.42. The van der Waals surface area contributed by atoms with Gasteiger partial charge in [-0.25, -0.2) is 14.5 Å². The zero-order chi connectivity index (χ0) is 15.8. The molecule has 1 aliphatic heterocycles. The lowest BCUT2D eigenvalue weighted by atomic mass is 10.1. The average molecular weight is 417 g/mol. The van der Waals surface area contributed by atoms with Crippen LogP contribution in [0.15, 0.2) is 47.7 Å². The molecule has 0 saturated heterocycles. The number of H-pyrrole nitrogens is 1. The van der Waals surface area contributed by atoms with E-state index in [-0.39, 0.29) is 5.69 Å². The van der Waals surface area contributed by atoms with E-state index in [2.05, 4.69) is 61.2 Å². The van der Waals surface area contributed by atoms with Crippen molar-refractivity contribution in [2.75, 3.05) is 11.9 Å². The summed E-state index contributed by atoms with van der Waals surface area (Å²) >= 11 is 2.30. The Morgan fingerprint density at radius 1 is 1.22 bits per heavy atom. The fourth-order valence-electron chi connectivity index (χ4n) is 2.57. The van der Waals surface area contributed by atoms with Crippen LogP contribution in [0.4, 0.5) is 5.82 Å². The summed E-state index contributed by atoms with van der Waals surface area (Å²) in [6.45, 7) is 0.649. The highest BCUT2D eigenvalue weighted by Crippen LogP contribution is 2.32. The molecule has 23 heavy (non-hydrogen) atoms. The van der Waals surface area contributed by atoms with E-state index >= 15 is 0 Å². The molecule has 7 heteroatoms. The molecule has 0 spiro atoms. The van der Waals surface area contributed by atoms with Crippen molar-refractivity contribution in [1.29, 1.82) is 0 Å². The molecule has 114 valence electrons. The smallest absolute Gasteiger partial charge is 0.344 e. The van der Waals surface area contributed by atoms with E-state index in [4.69, 9.17) is 0 Å². The molecular weight excluding hydrogens is 405 g/mol. The van der Waals surface area contributed by atoms with Crippen molar-refractivity contribution < 1.29 is 0 Å². The number of aromatic nitrogens is 4. The van der Waals surface area contributed by atoms with Crippen molar-refractivity contribution in [3.63, 3.8) is 0 Å². The molecule has 1 aliphatic rings. The van der Waals surface area contributed by atoms with E-state index in [0.29, 0.717) is 6.54 Å². The standard InChI is InChI=1S/C16H12IN5O/c17-13-3-1-2-10(4-13)14-8-21-22-9-12(7-18-15(14)22)11-5-19-16(23)20-6-11/h1-6,8-9,18H,7H2,(H,19,20,23). The summed E-state index contributed by atoms with van der Waals surface area (Å²) in [7, 11) is 0. The number of nitrogens with one attached hydrogen (secondary N) is 2. The molecule has 0 fully saturated rings. The van der Waals surface area contributed by atoms with Gasteiger partial charge in [0, 0.05) is 39.8 Å². The largest absolute Gasteiger partial charge is 0.365 e. The van der Waals surface area contributed by atoms with Gasteiger partial charge < -0.3 is 10.3 Å². The maximum Gasteiger partial charge on any atom is 0.344 e. The van der Waals surface area contributed by atoms with Gasteiger partial charge in [0.1, 0.15) is 5.82 Å². The summed E-state index contributed by atoms with van der Waals surface area (Å²) in [6, 6.07) is 8.31. The number of hydrogen-bond donors (Lipinski definition) is 2. The van der Waals surface area contributed by atoms with Gasteiger partial charge in [-0.1, -0.05) is 12.1 Å². The van der Waals surface area contributed by atoms with Crippen LogP contribution in [-0.4, -0.2) is 26.3 Å². The SMILES string of the molecule is O=c1ncc(C2=Cn3ncc(-c4cccc(I)c4)c3NC2)c[nH]1. The van der Waals surface area contributed by atoms with E-state index in [1.165, 1.54) is 3.57 Å². The Morgan fingerprint density at radius 3 is 2.91 bits per heavy atom. The van der Waals surface area contributed by atoms with Gasteiger partial charge in [-0.2, -0.15) is 5.10 Å². The fourth-order valence-corrected chi connectivity index (χ4v) is 3.11. The highest BCUT2D eigenvalue weighted by atomic mass is 127. The number of hydrogen-bond acceptors (Lipinski definition) is 4. The zero-order valence-electron chi connectivity index (χ0n) is 12.0. The van der Waals surface area contributed by atoms with E-state index < -0.39 is 0 Å². The molecule has 0 amide bonds.